The molecule has 0 aromatic rings. The molecule has 0 aliphatic carbocycles. The molecule has 0 radical (unpaired) electrons. The van der Waals surface area contributed by atoms with Crippen molar-refractivity contribution < 1.29 is 19.4 Å². The highest BCUT2D eigenvalue weighted by atomic mass is 16.5. The third-order valence-corrected chi connectivity index (χ3v) is 4.58. The van der Waals surface area contributed by atoms with Crippen LogP contribution in [0.2, 0.25) is 0 Å². The molecule has 2 fully saturated rings. The number of carbonyl (C=O) groups excluding carboxylic acids is 1. The molecule has 2 aliphatic rings. The van der Waals surface area contributed by atoms with E-state index in [0.29, 0.717) is 32.5 Å². The molecule has 116 valence electrons. The molecule has 2 aliphatic heterocycles. The molecule has 0 unspecified atom stereocenters. The molecule has 0 aromatic carbocycles. The fourth-order valence-electron chi connectivity index (χ4n) is 3.32. The smallest absolute Gasteiger partial charge is 0.228 e. The van der Waals surface area contributed by atoms with Gasteiger partial charge in [-0.1, -0.05) is 6.92 Å². The van der Waals surface area contributed by atoms with E-state index in [-0.39, 0.29) is 17.9 Å². The first kappa shape index (κ1) is 15.7. The van der Waals surface area contributed by atoms with Crippen molar-refractivity contribution in [2.75, 3.05) is 33.4 Å². The van der Waals surface area contributed by atoms with Gasteiger partial charge in [-0.3, -0.25) is 4.79 Å². The van der Waals surface area contributed by atoms with Gasteiger partial charge in [0.15, 0.2) is 0 Å². The molecule has 2 atom stereocenters. The lowest BCUT2D eigenvalue weighted by atomic mass is 9.88. The van der Waals surface area contributed by atoms with Crippen LogP contribution in [0.1, 0.15) is 39.0 Å². The zero-order valence-electron chi connectivity index (χ0n) is 12.6. The molecule has 20 heavy (non-hydrogen) atoms. The number of piperidine rings is 1. The van der Waals surface area contributed by atoms with Gasteiger partial charge < -0.3 is 19.5 Å². The number of ether oxygens (including phenoxy) is 2. The number of methoxy groups -OCH3 is 1. The average molecular weight is 285 g/mol. The zero-order valence-corrected chi connectivity index (χ0v) is 12.6. The SMILES string of the molecule is CC[C@H]1OCCC[C@H]1C(=O)N1CCC(O)(COC)CC1. The minimum absolute atomic E-state index is 0.00219. The summed E-state index contributed by atoms with van der Waals surface area (Å²) < 4.78 is 10.8. The number of carbonyl (C=O) groups is 1. The van der Waals surface area contributed by atoms with Gasteiger partial charge in [0.2, 0.25) is 5.91 Å². The molecule has 2 heterocycles. The Bertz CT molecular complexity index is 326. The summed E-state index contributed by atoms with van der Waals surface area (Å²) in [4.78, 5) is 14.5. The molecule has 2 rings (SSSR count). The Labute approximate surface area is 121 Å². The predicted molar refractivity (Wildman–Crippen MR) is 75.4 cm³/mol. The van der Waals surface area contributed by atoms with Crippen LogP contribution in [-0.4, -0.2) is 61.0 Å². The molecular formula is C15H27NO4. The first-order valence-corrected chi connectivity index (χ1v) is 7.71. The molecule has 0 aromatic heterocycles. The highest BCUT2D eigenvalue weighted by Crippen LogP contribution is 2.28. The Morgan fingerprint density at radius 1 is 1.45 bits per heavy atom. The van der Waals surface area contributed by atoms with Gasteiger partial charge in [-0.15, -0.1) is 0 Å². The number of nitrogens with zero attached hydrogens (tertiary/aromatic N) is 1. The van der Waals surface area contributed by atoms with Gasteiger partial charge in [0.1, 0.15) is 0 Å². The van der Waals surface area contributed by atoms with Crippen LogP contribution in [0.4, 0.5) is 0 Å². The van der Waals surface area contributed by atoms with Gasteiger partial charge in [-0.2, -0.15) is 0 Å². The summed E-state index contributed by atoms with van der Waals surface area (Å²) >= 11 is 0. The van der Waals surface area contributed by atoms with Crippen molar-refractivity contribution >= 4 is 5.91 Å². The minimum atomic E-state index is -0.765. The lowest BCUT2D eigenvalue weighted by Gasteiger charge is -2.40. The fourth-order valence-corrected chi connectivity index (χ4v) is 3.32. The molecule has 5 heteroatoms. The third-order valence-electron chi connectivity index (χ3n) is 4.58. The molecule has 5 nitrogen and oxygen atoms in total. The van der Waals surface area contributed by atoms with Crippen molar-refractivity contribution in [3.05, 3.63) is 0 Å². The summed E-state index contributed by atoms with van der Waals surface area (Å²) in [6.07, 6.45) is 4.03. The predicted octanol–water partition coefficient (Wildman–Crippen LogP) is 1.19. The number of rotatable bonds is 4. The van der Waals surface area contributed by atoms with E-state index >= 15 is 0 Å². The van der Waals surface area contributed by atoms with E-state index in [1.807, 2.05) is 4.90 Å². The molecule has 1 N–H and O–H groups in total. The highest BCUT2D eigenvalue weighted by Gasteiger charge is 2.38. The quantitative estimate of drug-likeness (QED) is 0.843. The molecule has 0 bridgehead atoms. The van der Waals surface area contributed by atoms with Crippen LogP contribution >= 0.6 is 0 Å². The van der Waals surface area contributed by atoms with Crippen LogP contribution in [0.5, 0.6) is 0 Å². The minimum Gasteiger partial charge on any atom is -0.387 e. The maximum Gasteiger partial charge on any atom is 0.228 e. The molecule has 0 saturated carbocycles. The van der Waals surface area contributed by atoms with Crippen LogP contribution in [-0.2, 0) is 14.3 Å². The summed E-state index contributed by atoms with van der Waals surface area (Å²) in [7, 11) is 1.60. The topological polar surface area (TPSA) is 59.0 Å². The lowest BCUT2D eigenvalue weighted by molar-refractivity contribution is -0.150. The van der Waals surface area contributed by atoms with Crippen LogP contribution in [0.15, 0.2) is 0 Å². The molecule has 1 amide bonds. The first-order valence-electron chi connectivity index (χ1n) is 7.71. The average Bonchev–Trinajstić information content (AvgIpc) is 2.47. The van der Waals surface area contributed by atoms with Crippen molar-refractivity contribution in [1.82, 2.24) is 4.90 Å². The summed E-state index contributed by atoms with van der Waals surface area (Å²) in [5, 5.41) is 10.3. The van der Waals surface area contributed by atoms with Crippen LogP contribution in [0.25, 0.3) is 0 Å². The normalized spacial score (nSPS) is 30.2. The standard InChI is InChI=1S/C15H27NO4/c1-3-13-12(5-4-10-20-13)14(17)16-8-6-15(18,7-9-16)11-19-2/h12-13,18H,3-11H2,1-2H3/t12-,13-/m1/s1. The van der Waals surface area contributed by atoms with E-state index in [1.54, 1.807) is 7.11 Å². The van der Waals surface area contributed by atoms with Crippen LogP contribution < -0.4 is 0 Å². The molecule has 0 spiro atoms. The Hall–Kier alpha value is -0.650. The van der Waals surface area contributed by atoms with E-state index in [9.17, 15) is 9.90 Å². The van der Waals surface area contributed by atoms with Gasteiger partial charge in [0.05, 0.1) is 24.2 Å². The van der Waals surface area contributed by atoms with E-state index in [4.69, 9.17) is 9.47 Å². The summed E-state index contributed by atoms with van der Waals surface area (Å²) in [5.74, 6) is 0.207. The van der Waals surface area contributed by atoms with Crippen molar-refractivity contribution in [2.24, 2.45) is 5.92 Å². The Balaban J connectivity index is 1.90. The van der Waals surface area contributed by atoms with Crippen molar-refractivity contribution in [2.45, 2.75) is 50.7 Å². The molecular weight excluding hydrogens is 258 g/mol. The summed E-state index contributed by atoms with van der Waals surface area (Å²) in [6.45, 7) is 4.43. The van der Waals surface area contributed by atoms with E-state index in [1.165, 1.54) is 0 Å². The molecule has 2 saturated heterocycles. The maximum atomic E-state index is 12.6. The number of likely N-dealkylation sites (tertiary alicyclic amines) is 1. The van der Waals surface area contributed by atoms with Crippen molar-refractivity contribution in [3.63, 3.8) is 0 Å². The maximum absolute atomic E-state index is 12.6. The van der Waals surface area contributed by atoms with Gasteiger partial charge in [-0.25, -0.2) is 0 Å². The third kappa shape index (κ3) is 3.51. The lowest BCUT2D eigenvalue weighted by Crippen LogP contribution is -2.52. The first-order chi connectivity index (χ1) is 9.59. The van der Waals surface area contributed by atoms with E-state index in [2.05, 4.69) is 6.92 Å². The number of hydrogen-bond donors (Lipinski definition) is 1. The van der Waals surface area contributed by atoms with Gasteiger partial charge in [-0.05, 0) is 32.1 Å². The van der Waals surface area contributed by atoms with E-state index in [0.717, 1.165) is 25.9 Å². The second kappa shape index (κ2) is 6.87. The Morgan fingerprint density at radius 2 is 2.15 bits per heavy atom. The van der Waals surface area contributed by atoms with Gasteiger partial charge >= 0.3 is 0 Å². The van der Waals surface area contributed by atoms with Crippen LogP contribution in [0, 0.1) is 5.92 Å². The second-order valence-corrected chi connectivity index (χ2v) is 6.05. The Kier molecular flexibility index (Phi) is 5.41. The van der Waals surface area contributed by atoms with Crippen LogP contribution in [0.3, 0.4) is 0 Å². The fraction of sp³-hybridized carbons (Fsp3) is 0.933. The zero-order chi connectivity index (χ0) is 14.6. The van der Waals surface area contributed by atoms with Crippen molar-refractivity contribution in [3.8, 4) is 0 Å². The largest absolute Gasteiger partial charge is 0.387 e. The van der Waals surface area contributed by atoms with E-state index < -0.39 is 5.60 Å². The summed E-state index contributed by atoms with van der Waals surface area (Å²) in [5.41, 5.74) is -0.765. The van der Waals surface area contributed by atoms with Crippen molar-refractivity contribution in [1.29, 1.82) is 0 Å². The van der Waals surface area contributed by atoms with Gasteiger partial charge in [0.25, 0.3) is 0 Å². The van der Waals surface area contributed by atoms with Gasteiger partial charge in [0, 0.05) is 26.8 Å². The second-order valence-electron chi connectivity index (χ2n) is 6.05. The summed E-state index contributed by atoms with van der Waals surface area (Å²) in [6, 6.07) is 0. The number of hydrogen-bond acceptors (Lipinski definition) is 4. The number of aliphatic hydroxyl groups is 1. The number of amides is 1. The highest BCUT2D eigenvalue weighted by molar-refractivity contribution is 5.79. The Morgan fingerprint density at radius 3 is 2.75 bits per heavy atom. The monoisotopic (exact) mass is 285 g/mol.